The third-order valence-corrected chi connectivity index (χ3v) is 14.4. The number of hydrogen-bond donors (Lipinski definition) is 3. The average Bonchev–Trinajstić information content (AvgIpc) is 3.85. The number of carbonyl (C=O) groups is 3. The summed E-state index contributed by atoms with van der Waals surface area (Å²) < 4.78 is 25.4. The fourth-order valence-electron chi connectivity index (χ4n) is 9.25. The zero-order valence-electron chi connectivity index (χ0n) is 32.0. The van der Waals surface area contributed by atoms with Gasteiger partial charge in [-0.05, 0) is 61.0 Å². The minimum atomic E-state index is -3.46. The first-order chi connectivity index (χ1) is 27.0. The molecule has 56 heavy (non-hydrogen) atoms. The molecule has 3 fully saturated rings. The molecule has 4 aliphatic rings. The number of benzene rings is 3. The fraction of sp³-hybridized carbons (Fsp3) is 0.439. The van der Waals surface area contributed by atoms with Gasteiger partial charge in [-0.1, -0.05) is 54.6 Å². The van der Waals surface area contributed by atoms with Crippen LogP contribution >= 0.6 is 0 Å². The molecule has 4 aliphatic heterocycles. The van der Waals surface area contributed by atoms with E-state index in [1.165, 1.54) is 0 Å². The summed E-state index contributed by atoms with van der Waals surface area (Å²) in [4.78, 5) is 46.0. The van der Waals surface area contributed by atoms with Crippen LogP contribution in [0.4, 0.5) is 21.2 Å². The number of ether oxygens (including phenoxy) is 1. The van der Waals surface area contributed by atoms with E-state index in [0.717, 1.165) is 16.8 Å². The normalized spacial score (nSPS) is 24.7. The van der Waals surface area contributed by atoms with Crippen LogP contribution < -0.4 is 25.3 Å². The average molecular weight is 781 g/mol. The second-order valence-corrected chi connectivity index (χ2v) is 19.6. The third-order valence-electron chi connectivity index (χ3n) is 12.0. The summed E-state index contributed by atoms with van der Waals surface area (Å²) in [5.74, 6) is -1.17. The van der Waals surface area contributed by atoms with Gasteiger partial charge in [0.2, 0.25) is 20.2 Å². The van der Waals surface area contributed by atoms with Gasteiger partial charge < -0.3 is 39.3 Å². The summed E-state index contributed by atoms with van der Waals surface area (Å²) in [5, 5.41) is 25.2. The Kier molecular flexibility index (Phi) is 10.4. The Morgan fingerprint density at radius 1 is 0.946 bits per heavy atom. The minimum absolute atomic E-state index is 0.00924. The van der Waals surface area contributed by atoms with E-state index in [9.17, 15) is 14.7 Å². The molecule has 1 aromatic heterocycles. The number of aliphatic hydroxyl groups excluding tert-OH is 1. The van der Waals surface area contributed by atoms with Crippen molar-refractivity contribution in [2.75, 3.05) is 60.6 Å². The maximum absolute atomic E-state index is 16.7. The van der Waals surface area contributed by atoms with E-state index in [0.29, 0.717) is 68.3 Å². The van der Waals surface area contributed by atoms with Crippen molar-refractivity contribution in [2.24, 2.45) is 5.92 Å². The Bertz CT molecular complexity index is 2100. The second kappa shape index (κ2) is 15.3. The van der Waals surface area contributed by atoms with Crippen LogP contribution in [0.15, 0.2) is 79.0 Å². The van der Waals surface area contributed by atoms with E-state index in [1.54, 1.807) is 32.5 Å². The second-order valence-electron chi connectivity index (χ2n) is 15.8. The quantitative estimate of drug-likeness (QED) is 0.153. The molecule has 3 aromatic carbocycles. The van der Waals surface area contributed by atoms with Crippen molar-refractivity contribution in [3.63, 3.8) is 0 Å². The molecule has 3 amide bonds. The molecule has 4 aromatic rings. The van der Waals surface area contributed by atoms with Crippen molar-refractivity contribution < 1.29 is 28.3 Å². The van der Waals surface area contributed by atoms with Crippen LogP contribution in [0.2, 0.25) is 18.6 Å². The molecule has 1 unspecified atom stereocenters. The standard InChI is InChI=1S/C41H49FN8O5Si/c1-27-39(56(2,3)42)36(15-18-47-25-34(45-46-47)32(26-51)29-7-5-4-6-8-29)55-41(27)33-21-31(49-20-17-44-23-38(49)53)13-14-35(33)50(40(41)54)24-28-9-11-30(12-10-28)48-19-16-43-22-37(48)52/h4-14,21,25,27,32,36,39,43-44,51H,15-20,22-24,26H2,1-3H3/t27-,32?,36+,39-,41+/m0/s1. The number of aliphatic hydroxyl groups is 1. The zero-order valence-corrected chi connectivity index (χ0v) is 33.0. The Balaban J connectivity index is 1.11. The lowest BCUT2D eigenvalue weighted by atomic mass is 9.82. The van der Waals surface area contributed by atoms with E-state index in [2.05, 4.69) is 20.9 Å². The van der Waals surface area contributed by atoms with Crippen LogP contribution in [0.1, 0.15) is 41.6 Å². The lowest BCUT2D eigenvalue weighted by Crippen LogP contribution is -2.48. The number of amides is 3. The Labute approximate surface area is 327 Å². The van der Waals surface area contributed by atoms with Crippen molar-refractivity contribution >= 4 is 43.2 Å². The van der Waals surface area contributed by atoms with E-state index < -0.39 is 31.6 Å². The summed E-state index contributed by atoms with van der Waals surface area (Å²) in [6.07, 6.45) is 1.59. The van der Waals surface area contributed by atoms with Gasteiger partial charge in [-0.2, -0.15) is 0 Å². The number of nitrogens with one attached hydrogen (secondary N) is 2. The van der Waals surface area contributed by atoms with Gasteiger partial charge in [0.25, 0.3) is 5.91 Å². The van der Waals surface area contributed by atoms with Crippen LogP contribution in [-0.4, -0.2) is 98.2 Å². The molecule has 294 valence electrons. The summed E-state index contributed by atoms with van der Waals surface area (Å²) >= 11 is 0. The molecule has 5 heterocycles. The summed E-state index contributed by atoms with van der Waals surface area (Å²) in [6, 6.07) is 23.0. The number of rotatable bonds is 11. The minimum Gasteiger partial charge on any atom is -0.395 e. The first-order valence-electron chi connectivity index (χ1n) is 19.5. The molecule has 0 bridgehead atoms. The van der Waals surface area contributed by atoms with Crippen LogP contribution in [-0.2, 0) is 37.8 Å². The largest absolute Gasteiger partial charge is 0.395 e. The number of fused-ring (bicyclic) bond motifs is 2. The third kappa shape index (κ3) is 6.85. The first-order valence-corrected chi connectivity index (χ1v) is 22.4. The predicted octanol–water partition coefficient (Wildman–Crippen LogP) is 3.69. The van der Waals surface area contributed by atoms with Gasteiger partial charge >= 0.3 is 0 Å². The summed E-state index contributed by atoms with van der Waals surface area (Å²) in [7, 11) is -3.46. The van der Waals surface area contributed by atoms with Crippen molar-refractivity contribution in [2.45, 2.75) is 62.7 Å². The van der Waals surface area contributed by atoms with E-state index in [1.807, 2.05) is 85.9 Å². The number of hydrogen-bond acceptors (Lipinski definition) is 9. The molecular formula is C41H49FN8O5Si. The SMILES string of the molecule is C[C@H]1[C@H]([Si](C)(C)F)[C@@H](CCn2cc(C(CO)c3ccccc3)nn2)O[C@]12C(=O)N(Cc1ccc(N3CCNCC3=O)cc1)c1ccc(N3CCNCC3=O)cc12. The molecule has 15 heteroatoms. The number of piperazine rings is 2. The molecule has 3 saturated heterocycles. The molecule has 0 radical (unpaired) electrons. The van der Waals surface area contributed by atoms with E-state index >= 15 is 8.90 Å². The number of halogens is 1. The van der Waals surface area contributed by atoms with Gasteiger partial charge in [-0.3, -0.25) is 19.1 Å². The Morgan fingerprint density at radius 2 is 1.61 bits per heavy atom. The molecular weight excluding hydrogens is 732 g/mol. The first kappa shape index (κ1) is 38.1. The van der Waals surface area contributed by atoms with Crippen molar-refractivity contribution in [3.05, 3.63) is 101 Å². The molecule has 8 rings (SSSR count). The van der Waals surface area contributed by atoms with Crippen molar-refractivity contribution in [1.29, 1.82) is 0 Å². The van der Waals surface area contributed by atoms with Crippen LogP contribution in [0.25, 0.3) is 0 Å². The van der Waals surface area contributed by atoms with Gasteiger partial charge in [-0.15, -0.1) is 5.10 Å². The lowest BCUT2D eigenvalue weighted by molar-refractivity contribution is -0.146. The molecule has 0 saturated carbocycles. The van der Waals surface area contributed by atoms with Crippen LogP contribution in [0.5, 0.6) is 0 Å². The van der Waals surface area contributed by atoms with Crippen molar-refractivity contribution in [3.8, 4) is 0 Å². The smallest absolute Gasteiger partial charge is 0.264 e. The highest BCUT2D eigenvalue weighted by Gasteiger charge is 2.66. The van der Waals surface area contributed by atoms with Gasteiger partial charge in [0.05, 0.1) is 49.6 Å². The molecule has 3 N–H and O–H groups in total. The zero-order chi connectivity index (χ0) is 39.2. The highest BCUT2D eigenvalue weighted by molar-refractivity contribution is 6.72. The number of carbonyl (C=O) groups excluding carboxylic acids is 3. The molecule has 1 spiro atoms. The van der Waals surface area contributed by atoms with E-state index in [4.69, 9.17) is 4.74 Å². The number of aryl methyl sites for hydroxylation is 1. The number of aromatic nitrogens is 3. The topological polar surface area (TPSA) is 145 Å². The monoisotopic (exact) mass is 780 g/mol. The highest BCUT2D eigenvalue weighted by Crippen LogP contribution is 2.60. The van der Waals surface area contributed by atoms with Gasteiger partial charge in [0, 0.05) is 67.3 Å². The predicted molar refractivity (Wildman–Crippen MR) is 213 cm³/mol. The van der Waals surface area contributed by atoms with Crippen LogP contribution in [0.3, 0.4) is 0 Å². The molecule has 13 nitrogen and oxygen atoms in total. The van der Waals surface area contributed by atoms with Crippen molar-refractivity contribution in [1.82, 2.24) is 25.6 Å². The summed E-state index contributed by atoms with van der Waals surface area (Å²) in [6.45, 7) is 8.72. The molecule has 5 atom stereocenters. The Hall–Kier alpha value is -4.80. The maximum Gasteiger partial charge on any atom is 0.264 e. The fourth-order valence-corrected chi connectivity index (χ4v) is 11.8. The number of anilines is 3. The summed E-state index contributed by atoms with van der Waals surface area (Å²) in [5.41, 5.74) is 3.20. The van der Waals surface area contributed by atoms with Gasteiger partial charge in [0.15, 0.2) is 5.60 Å². The van der Waals surface area contributed by atoms with Gasteiger partial charge in [-0.25, -0.2) is 0 Å². The van der Waals surface area contributed by atoms with Crippen LogP contribution in [0, 0.1) is 5.92 Å². The maximum atomic E-state index is 16.7. The highest BCUT2D eigenvalue weighted by atomic mass is 28.4. The van der Waals surface area contributed by atoms with Gasteiger partial charge in [0.1, 0.15) is 0 Å². The number of nitrogens with zero attached hydrogens (tertiary/aromatic N) is 6. The van der Waals surface area contributed by atoms with E-state index in [-0.39, 0.29) is 43.3 Å². The Morgan fingerprint density at radius 3 is 2.25 bits per heavy atom. The lowest BCUT2D eigenvalue weighted by Gasteiger charge is -2.32. The molecule has 0 aliphatic carbocycles.